The first-order chi connectivity index (χ1) is 9.84. The minimum Gasteiger partial charge on any atom is -0.496 e. The first-order valence-electron chi connectivity index (χ1n) is 6.82. The molecule has 0 unspecified atom stereocenters. The third-order valence-electron chi connectivity index (χ3n) is 3.39. The number of ketones is 1. The molecule has 0 fully saturated rings. The summed E-state index contributed by atoms with van der Waals surface area (Å²) in [5, 5.41) is 0. The molecule has 0 atom stereocenters. The maximum absolute atomic E-state index is 13.5. The summed E-state index contributed by atoms with van der Waals surface area (Å²) >= 11 is 0. The van der Waals surface area contributed by atoms with E-state index in [-0.39, 0.29) is 16.8 Å². The molecule has 0 aliphatic carbocycles. The average Bonchev–Trinajstić information content (AvgIpc) is 2.45. The molecule has 0 heterocycles. The number of benzene rings is 2. The molecule has 0 spiro atoms. The number of hydrogen-bond acceptors (Lipinski definition) is 2. The average molecular weight is 286 g/mol. The molecule has 0 radical (unpaired) electrons. The van der Waals surface area contributed by atoms with E-state index in [2.05, 4.69) is 0 Å². The van der Waals surface area contributed by atoms with E-state index in [1.54, 1.807) is 6.07 Å². The van der Waals surface area contributed by atoms with E-state index >= 15 is 0 Å². The second kappa shape index (κ2) is 5.68. The van der Waals surface area contributed by atoms with Crippen molar-refractivity contribution in [2.75, 3.05) is 7.11 Å². The highest BCUT2D eigenvalue weighted by Gasteiger charge is 2.23. The van der Waals surface area contributed by atoms with Gasteiger partial charge in [0.15, 0.2) is 5.78 Å². The highest BCUT2D eigenvalue weighted by Crippen LogP contribution is 2.30. The molecule has 3 heteroatoms. The molecule has 0 aliphatic heterocycles. The van der Waals surface area contributed by atoms with Crippen molar-refractivity contribution < 1.29 is 13.9 Å². The van der Waals surface area contributed by atoms with E-state index < -0.39 is 5.82 Å². The van der Waals surface area contributed by atoms with Crippen molar-refractivity contribution in [2.24, 2.45) is 0 Å². The number of rotatable bonds is 3. The molecule has 2 aromatic carbocycles. The zero-order valence-electron chi connectivity index (χ0n) is 12.7. The Hall–Kier alpha value is -2.16. The van der Waals surface area contributed by atoms with Gasteiger partial charge in [0.05, 0.1) is 12.7 Å². The third-order valence-corrected chi connectivity index (χ3v) is 3.39. The van der Waals surface area contributed by atoms with Gasteiger partial charge in [0.25, 0.3) is 0 Å². The Morgan fingerprint density at radius 1 is 1.05 bits per heavy atom. The summed E-state index contributed by atoms with van der Waals surface area (Å²) in [6, 6.07) is 11.4. The molecule has 0 amide bonds. The normalized spacial score (nSPS) is 11.3. The summed E-state index contributed by atoms with van der Waals surface area (Å²) in [7, 11) is 1.47. The number of hydrogen-bond donors (Lipinski definition) is 0. The highest BCUT2D eigenvalue weighted by molar-refractivity contribution is 6.11. The van der Waals surface area contributed by atoms with Gasteiger partial charge in [-0.1, -0.05) is 45.0 Å². The second-order valence-corrected chi connectivity index (χ2v) is 5.97. The number of carbonyl (C=O) groups is 1. The van der Waals surface area contributed by atoms with Crippen molar-refractivity contribution in [1.82, 2.24) is 0 Å². The lowest BCUT2D eigenvalue weighted by molar-refractivity contribution is 0.103. The van der Waals surface area contributed by atoms with Gasteiger partial charge >= 0.3 is 0 Å². The Morgan fingerprint density at radius 2 is 1.71 bits per heavy atom. The van der Waals surface area contributed by atoms with E-state index in [1.165, 1.54) is 25.3 Å². The maximum Gasteiger partial charge on any atom is 0.197 e. The van der Waals surface area contributed by atoms with E-state index in [9.17, 15) is 9.18 Å². The first kappa shape index (κ1) is 15.2. The highest BCUT2D eigenvalue weighted by atomic mass is 19.1. The van der Waals surface area contributed by atoms with Gasteiger partial charge in [0.1, 0.15) is 11.6 Å². The molecule has 0 aliphatic rings. The van der Waals surface area contributed by atoms with E-state index in [0.717, 1.165) is 5.56 Å². The van der Waals surface area contributed by atoms with Crippen molar-refractivity contribution in [3.63, 3.8) is 0 Å². The smallest absolute Gasteiger partial charge is 0.197 e. The quantitative estimate of drug-likeness (QED) is 0.783. The van der Waals surface area contributed by atoms with Crippen LogP contribution in [0.15, 0.2) is 42.5 Å². The molecule has 0 N–H and O–H groups in total. The summed E-state index contributed by atoms with van der Waals surface area (Å²) in [5.41, 5.74) is 1.58. The van der Waals surface area contributed by atoms with Crippen molar-refractivity contribution in [3.8, 4) is 5.75 Å². The van der Waals surface area contributed by atoms with E-state index in [0.29, 0.717) is 11.3 Å². The zero-order chi connectivity index (χ0) is 15.6. The fourth-order valence-corrected chi connectivity index (χ4v) is 2.34. The Bertz CT molecular complexity index is 669. The standard InChI is InChI=1S/C18H19FO2/c1-18(2,3)15-8-6-5-7-13(15)17(20)14-11-12(19)9-10-16(14)21-4/h5-11H,1-4H3. The number of halogens is 1. The summed E-state index contributed by atoms with van der Waals surface area (Å²) in [6.45, 7) is 6.13. The Morgan fingerprint density at radius 3 is 2.33 bits per heavy atom. The third kappa shape index (κ3) is 3.13. The summed E-state index contributed by atoms with van der Waals surface area (Å²) in [4.78, 5) is 12.8. The van der Waals surface area contributed by atoms with Gasteiger partial charge in [-0.2, -0.15) is 0 Å². The van der Waals surface area contributed by atoms with Gasteiger partial charge in [-0.15, -0.1) is 0 Å². The lowest BCUT2D eigenvalue weighted by Gasteiger charge is -2.22. The largest absolute Gasteiger partial charge is 0.496 e. The number of methoxy groups -OCH3 is 1. The molecule has 0 saturated carbocycles. The number of ether oxygens (including phenoxy) is 1. The maximum atomic E-state index is 13.5. The summed E-state index contributed by atoms with van der Waals surface area (Å²) < 4.78 is 18.7. The molecular weight excluding hydrogens is 267 g/mol. The topological polar surface area (TPSA) is 26.3 Å². The lowest BCUT2D eigenvalue weighted by Crippen LogP contribution is -2.17. The zero-order valence-corrected chi connectivity index (χ0v) is 12.7. The lowest BCUT2D eigenvalue weighted by atomic mass is 9.82. The van der Waals surface area contributed by atoms with Crippen molar-refractivity contribution in [2.45, 2.75) is 26.2 Å². The first-order valence-corrected chi connectivity index (χ1v) is 6.82. The van der Waals surface area contributed by atoms with E-state index in [1.807, 2.05) is 39.0 Å². The van der Waals surface area contributed by atoms with Crippen LogP contribution in [0.25, 0.3) is 0 Å². The van der Waals surface area contributed by atoms with Crippen LogP contribution in [0.5, 0.6) is 5.75 Å². The Kier molecular flexibility index (Phi) is 4.12. The minimum absolute atomic E-state index is 0.174. The van der Waals surface area contributed by atoms with Crippen molar-refractivity contribution in [3.05, 3.63) is 65.0 Å². The fraction of sp³-hybridized carbons (Fsp3) is 0.278. The van der Waals surface area contributed by atoms with Crippen LogP contribution < -0.4 is 4.74 Å². The molecule has 0 aromatic heterocycles. The van der Waals surface area contributed by atoms with Crippen molar-refractivity contribution >= 4 is 5.78 Å². The minimum atomic E-state index is -0.451. The predicted molar refractivity (Wildman–Crippen MR) is 81.5 cm³/mol. The number of carbonyl (C=O) groups excluding carboxylic acids is 1. The van der Waals surface area contributed by atoms with Gasteiger partial charge < -0.3 is 4.74 Å². The second-order valence-electron chi connectivity index (χ2n) is 5.97. The Labute approximate surface area is 124 Å². The van der Waals surface area contributed by atoms with Crippen LogP contribution >= 0.6 is 0 Å². The molecule has 2 nitrogen and oxygen atoms in total. The molecule has 21 heavy (non-hydrogen) atoms. The van der Waals surface area contributed by atoms with Gasteiger partial charge in [0.2, 0.25) is 0 Å². The molecule has 2 aromatic rings. The van der Waals surface area contributed by atoms with Crippen LogP contribution in [0.2, 0.25) is 0 Å². The van der Waals surface area contributed by atoms with Crippen LogP contribution in [0, 0.1) is 5.82 Å². The molecule has 0 saturated heterocycles. The van der Waals surface area contributed by atoms with Crippen LogP contribution in [0.1, 0.15) is 42.3 Å². The summed E-state index contributed by atoms with van der Waals surface area (Å²) in [6.07, 6.45) is 0. The monoisotopic (exact) mass is 286 g/mol. The fourth-order valence-electron chi connectivity index (χ4n) is 2.34. The molecule has 2 rings (SSSR count). The van der Waals surface area contributed by atoms with E-state index in [4.69, 9.17) is 4.74 Å². The van der Waals surface area contributed by atoms with Gasteiger partial charge in [0, 0.05) is 5.56 Å². The molecule has 110 valence electrons. The van der Waals surface area contributed by atoms with Crippen LogP contribution in [-0.2, 0) is 5.41 Å². The SMILES string of the molecule is COc1ccc(F)cc1C(=O)c1ccccc1C(C)(C)C. The predicted octanol–water partition coefficient (Wildman–Crippen LogP) is 4.36. The van der Waals surface area contributed by atoms with Gasteiger partial charge in [-0.05, 0) is 29.2 Å². The molecular formula is C18H19FO2. The van der Waals surface area contributed by atoms with Crippen LogP contribution in [0.4, 0.5) is 4.39 Å². The van der Waals surface area contributed by atoms with Gasteiger partial charge in [-0.25, -0.2) is 4.39 Å². The van der Waals surface area contributed by atoms with Crippen LogP contribution in [0.3, 0.4) is 0 Å². The van der Waals surface area contributed by atoms with Crippen LogP contribution in [-0.4, -0.2) is 12.9 Å². The van der Waals surface area contributed by atoms with Gasteiger partial charge in [-0.3, -0.25) is 4.79 Å². The van der Waals surface area contributed by atoms with Crippen molar-refractivity contribution in [1.29, 1.82) is 0 Å². The summed E-state index contributed by atoms with van der Waals surface area (Å²) in [5.74, 6) is -0.297. The molecule has 0 bridgehead atoms. The Balaban J connectivity index is 2.59.